The van der Waals surface area contributed by atoms with Crippen LogP contribution >= 0.6 is 12.4 Å². The Kier molecular flexibility index (Phi) is 6.83. The van der Waals surface area contributed by atoms with Crippen LogP contribution < -0.4 is 5.73 Å². The molecule has 0 aromatic heterocycles. The molecule has 7 heteroatoms. The summed E-state index contributed by atoms with van der Waals surface area (Å²) in [6.45, 7) is 0. The quantitative estimate of drug-likeness (QED) is 0.694. The standard InChI is InChI=1S/C6H11NO4S.ClH/c1-12(10,11)4-2-3-5(7)6(8)9;/h2,4-5H,3,7H2,1H3,(H,8,9);1H/t5-;/m0./s1. The van der Waals surface area contributed by atoms with Gasteiger partial charge in [0.15, 0.2) is 9.84 Å². The minimum absolute atomic E-state index is 0. The van der Waals surface area contributed by atoms with Crippen molar-refractivity contribution >= 4 is 28.2 Å². The first-order chi connectivity index (χ1) is 5.33. The van der Waals surface area contributed by atoms with Crippen molar-refractivity contribution in [2.24, 2.45) is 5.73 Å². The highest BCUT2D eigenvalue weighted by Crippen LogP contribution is 1.93. The van der Waals surface area contributed by atoms with Crippen LogP contribution in [0.5, 0.6) is 0 Å². The van der Waals surface area contributed by atoms with Crippen molar-refractivity contribution in [2.75, 3.05) is 6.26 Å². The summed E-state index contributed by atoms with van der Waals surface area (Å²) in [5, 5.41) is 9.24. The van der Waals surface area contributed by atoms with Gasteiger partial charge in [-0.15, -0.1) is 12.4 Å². The van der Waals surface area contributed by atoms with Gasteiger partial charge >= 0.3 is 5.97 Å². The molecule has 0 spiro atoms. The molecule has 0 rings (SSSR count). The van der Waals surface area contributed by atoms with Crippen molar-refractivity contribution in [3.8, 4) is 0 Å². The van der Waals surface area contributed by atoms with Crippen LogP contribution in [0.25, 0.3) is 0 Å². The molecule has 0 aliphatic rings. The normalized spacial score (nSPS) is 13.7. The molecule has 0 heterocycles. The lowest BCUT2D eigenvalue weighted by Crippen LogP contribution is -2.29. The molecular weight excluding hydrogens is 218 g/mol. The van der Waals surface area contributed by atoms with E-state index >= 15 is 0 Å². The van der Waals surface area contributed by atoms with E-state index in [1.807, 2.05) is 0 Å². The first kappa shape index (κ1) is 14.9. The molecule has 13 heavy (non-hydrogen) atoms. The molecule has 3 N–H and O–H groups in total. The fraction of sp³-hybridized carbons (Fsp3) is 0.500. The summed E-state index contributed by atoms with van der Waals surface area (Å²) in [5.41, 5.74) is 5.10. The third-order valence-electron chi connectivity index (χ3n) is 1.05. The predicted molar refractivity (Wildman–Crippen MR) is 51.5 cm³/mol. The van der Waals surface area contributed by atoms with Crippen molar-refractivity contribution in [3.05, 3.63) is 11.5 Å². The highest BCUT2D eigenvalue weighted by Gasteiger charge is 2.08. The number of rotatable bonds is 4. The van der Waals surface area contributed by atoms with E-state index in [9.17, 15) is 13.2 Å². The molecule has 0 bridgehead atoms. The maximum Gasteiger partial charge on any atom is 0.320 e. The number of hydrogen-bond donors (Lipinski definition) is 2. The first-order valence-corrected chi connectivity index (χ1v) is 5.13. The zero-order chi connectivity index (χ0) is 9.78. The van der Waals surface area contributed by atoms with E-state index in [2.05, 4.69) is 0 Å². The van der Waals surface area contributed by atoms with E-state index in [1.54, 1.807) is 0 Å². The van der Waals surface area contributed by atoms with Crippen molar-refractivity contribution < 1.29 is 18.3 Å². The smallest absolute Gasteiger partial charge is 0.320 e. The van der Waals surface area contributed by atoms with Gasteiger partial charge in [0.05, 0.1) is 0 Å². The van der Waals surface area contributed by atoms with Crippen LogP contribution in [0.4, 0.5) is 0 Å². The summed E-state index contributed by atoms with van der Waals surface area (Å²) < 4.78 is 21.0. The van der Waals surface area contributed by atoms with E-state index in [0.717, 1.165) is 11.7 Å². The average molecular weight is 230 g/mol. The summed E-state index contributed by atoms with van der Waals surface area (Å²) >= 11 is 0. The van der Waals surface area contributed by atoms with Gasteiger partial charge in [-0.2, -0.15) is 0 Å². The molecule has 0 aliphatic heterocycles. The Morgan fingerprint density at radius 1 is 1.62 bits per heavy atom. The fourth-order valence-electron chi connectivity index (χ4n) is 0.478. The van der Waals surface area contributed by atoms with Gasteiger partial charge in [0, 0.05) is 11.7 Å². The van der Waals surface area contributed by atoms with Crippen LogP contribution in [-0.4, -0.2) is 31.8 Å². The Labute approximate surface area is 82.9 Å². The minimum Gasteiger partial charge on any atom is -0.480 e. The predicted octanol–water partition coefficient (Wildman–Crippen LogP) is -0.231. The summed E-state index contributed by atoms with van der Waals surface area (Å²) in [7, 11) is -3.17. The third kappa shape index (κ3) is 9.32. The lowest BCUT2D eigenvalue weighted by molar-refractivity contribution is -0.138. The zero-order valence-corrected chi connectivity index (χ0v) is 8.64. The average Bonchev–Trinajstić information content (AvgIpc) is 1.84. The molecule has 1 atom stereocenters. The second-order valence-electron chi connectivity index (χ2n) is 2.38. The molecular formula is C6H12ClNO4S. The van der Waals surface area contributed by atoms with Crippen molar-refractivity contribution in [3.63, 3.8) is 0 Å². The zero-order valence-electron chi connectivity index (χ0n) is 7.00. The van der Waals surface area contributed by atoms with E-state index < -0.39 is 21.8 Å². The number of sulfone groups is 1. The molecule has 5 nitrogen and oxygen atoms in total. The fourth-order valence-corrected chi connectivity index (χ4v) is 0.938. The molecule has 0 radical (unpaired) electrons. The second kappa shape index (κ2) is 5.95. The van der Waals surface area contributed by atoms with Crippen LogP contribution in [0.2, 0.25) is 0 Å². The third-order valence-corrected chi connectivity index (χ3v) is 1.74. The Bertz CT molecular complexity index is 285. The Morgan fingerprint density at radius 2 is 2.08 bits per heavy atom. The first-order valence-electron chi connectivity index (χ1n) is 3.18. The van der Waals surface area contributed by atoms with Gasteiger partial charge in [0.2, 0.25) is 0 Å². The highest BCUT2D eigenvalue weighted by atomic mass is 35.5. The van der Waals surface area contributed by atoms with Gasteiger partial charge in [0.25, 0.3) is 0 Å². The molecule has 0 aromatic carbocycles. The highest BCUT2D eigenvalue weighted by molar-refractivity contribution is 7.93. The molecule has 0 saturated heterocycles. The van der Waals surface area contributed by atoms with Crippen LogP contribution in [0, 0.1) is 0 Å². The van der Waals surface area contributed by atoms with Crippen LogP contribution in [-0.2, 0) is 14.6 Å². The number of carboxylic acid groups (broad SMARTS) is 1. The second-order valence-corrected chi connectivity index (χ2v) is 4.31. The summed E-state index contributed by atoms with van der Waals surface area (Å²) in [6.07, 6.45) is 2.27. The van der Waals surface area contributed by atoms with E-state index in [0.29, 0.717) is 0 Å². The lowest BCUT2D eigenvalue weighted by atomic mass is 10.2. The summed E-state index contributed by atoms with van der Waals surface area (Å²) in [6, 6.07) is -1.04. The molecule has 0 aliphatic carbocycles. The van der Waals surface area contributed by atoms with Crippen molar-refractivity contribution in [1.29, 1.82) is 0 Å². The van der Waals surface area contributed by atoms with Crippen LogP contribution in [0.3, 0.4) is 0 Å². The number of halogens is 1. The Hall–Kier alpha value is -0.590. The maximum absolute atomic E-state index is 10.5. The van der Waals surface area contributed by atoms with Gasteiger partial charge in [-0.1, -0.05) is 6.08 Å². The van der Waals surface area contributed by atoms with Gasteiger partial charge in [-0.05, 0) is 6.42 Å². The largest absolute Gasteiger partial charge is 0.480 e. The number of nitrogens with two attached hydrogens (primary N) is 1. The van der Waals surface area contributed by atoms with Crippen LogP contribution in [0.15, 0.2) is 11.5 Å². The number of carbonyl (C=O) groups is 1. The number of hydrogen-bond acceptors (Lipinski definition) is 4. The van der Waals surface area contributed by atoms with Gasteiger partial charge in [-0.3, -0.25) is 4.79 Å². The van der Waals surface area contributed by atoms with E-state index in [4.69, 9.17) is 10.8 Å². The topological polar surface area (TPSA) is 97.5 Å². The minimum atomic E-state index is -3.17. The molecule has 0 aromatic rings. The lowest BCUT2D eigenvalue weighted by Gasteiger charge is -1.99. The molecule has 0 fully saturated rings. The van der Waals surface area contributed by atoms with E-state index in [1.165, 1.54) is 6.08 Å². The maximum atomic E-state index is 10.5. The van der Waals surface area contributed by atoms with Crippen LogP contribution in [0.1, 0.15) is 6.42 Å². The Balaban J connectivity index is 0. The van der Waals surface area contributed by atoms with Crippen molar-refractivity contribution in [1.82, 2.24) is 0 Å². The molecule has 0 amide bonds. The summed E-state index contributed by atoms with van der Waals surface area (Å²) in [5.74, 6) is -1.15. The molecule has 0 unspecified atom stereocenters. The molecule has 0 saturated carbocycles. The number of carboxylic acids is 1. The van der Waals surface area contributed by atoms with Gasteiger partial charge in [-0.25, -0.2) is 8.42 Å². The van der Waals surface area contributed by atoms with Crippen molar-refractivity contribution in [2.45, 2.75) is 12.5 Å². The van der Waals surface area contributed by atoms with E-state index in [-0.39, 0.29) is 18.8 Å². The SMILES string of the molecule is CS(=O)(=O)C=CC[C@H](N)C(=O)O.Cl. The Morgan fingerprint density at radius 3 is 2.38 bits per heavy atom. The van der Waals surface area contributed by atoms with Gasteiger partial charge in [0.1, 0.15) is 6.04 Å². The number of aliphatic carboxylic acids is 1. The monoisotopic (exact) mass is 229 g/mol. The van der Waals surface area contributed by atoms with Gasteiger partial charge < -0.3 is 10.8 Å². The summed E-state index contributed by atoms with van der Waals surface area (Å²) in [4.78, 5) is 10.1. The molecule has 78 valence electrons.